The van der Waals surface area contributed by atoms with E-state index in [-0.39, 0.29) is 28.9 Å². The van der Waals surface area contributed by atoms with E-state index in [2.05, 4.69) is 33.2 Å². The highest BCUT2D eigenvalue weighted by molar-refractivity contribution is 6.32. The van der Waals surface area contributed by atoms with Crippen LogP contribution in [0.15, 0.2) is 84.9 Å². The van der Waals surface area contributed by atoms with Crippen molar-refractivity contribution in [2.75, 3.05) is 34.5 Å². The number of halogens is 1. The van der Waals surface area contributed by atoms with E-state index in [1.54, 1.807) is 48.1 Å². The summed E-state index contributed by atoms with van der Waals surface area (Å²) < 4.78 is 21.6. The summed E-state index contributed by atoms with van der Waals surface area (Å²) in [5.74, 6) is 1.08. The van der Waals surface area contributed by atoms with Crippen LogP contribution >= 0.6 is 11.6 Å². The maximum Gasteiger partial charge on any atom is 0.407 e. The molecule has 364 valence electrons. The molecule has 69 heavy (non-hydrogen) atoms. The van der Waals surface area contributed by atoms with Gasteiger partial charge >= 0.3 is 12.2 Å². The van der Waals surface area contributed by atoms with Crippen molar-refractivity contribution in [1.29, 1.82) is 0 Å². The van der Waals surface area contributed by atoms with Crippen LogP contribution in [-0.4, -0.2) is 100 Å². The Morgan fingerprint density at radius 2 is 1.55 bits per heavy atom. The molecule has 6 aromatic rings. The lowest BCUT2D eigenvalue weighted by molar-refractivity contribution is -0.137. The second-order valence-corrected chi connectivity index (χ2v) is 17.9. The average molecular weight is 962 g/mol. The van der Waals surface area contributed by atoms with Crippen LogP contribution in [0.1, 0.15) is 95.3 Å². The summed E-state index contributed by atoms with van der Waals surface area (Å²) in [5.41, 5.74) is 7.28. The van der Waals surface area contributed by atoms with Crippen molar-refractivity contribution in [1.82, 2.24) is 40.4 Å². The smallest absolute Gasteiger partial charge is 0.407 e. The summed E-state index contributed by atoms with van der Waals surface area (Å²) in [6.45, 7) is 16.7. The lowest BCUT2D eigenvalue weighted by atomic mass is 9.92. The zero-order chi connectivity index (χ0) is 49.7. The highest BCUT2D eigenvalue weighted by atomic mass is 35.5. The Bertz CT molecular complexity index is 2860. The van der Waals surface area contributed by atoms with Crippen LogP contribution in [0.5, 0.6) is 5.75 Å². The highest BCUT2D eigenvalue weighted by Gasteiger charge is 2.36. The van der Waals surface area contributed by atoms with Crippen molar-refractivity contribution in [3.8, 4) is 28.1 Å². The third-order valence-electron chi connectivity index (χ3n) is 12.9. The number of nitrogens with zero attached hydrogens (tertiary/aromatic N) is 4. The van der Waals surface area contributed by atoms with Crippen LogP contribution < -0.4 is 15.4 Å². The predicted octanol–water partition coefficient (Wildman–Crippen LogP) is 9.97. The maximum absolute atomic E-state index is 14.5. The number of rotatable bonds is 18. The van der Waals surface area contributed by atoms with Crippen LogP contribution in [0.3, 0.4) is 0 Å². The van der Waals surface area contributed by atoms with Crippen molar-refractivity contribution >= 4 is 57.4 Å². The molecule has 0 aliphatic carbocycles. The van der Waals surface area contributed by atoms with Gasteiger partial charge in [0.25, 0.3) is 5.91 Å². The minimum absolute atomic E-state index is 0.0559. The molecule has 0 spiro atoms. The first-order valence-electron chi connectivity index (χ1n) is 23.1. The molecule has 2 aromatic heterocycles. The number of nitrogens with one attached hydrogen (secondary N) is 4. The number of benzene rings is 4. The lowest BCUT2D eigenvalue weighted by Crippen LogP contribution is -2.52. The van der Waals surface area contributed by atoms with Gasteiger partial charge in [-0.2, -0.15) is 0 Å². The minimum atomic E-state index is -1.03. The first kappa shape index (κ1) is 50.0. The molecule has 0 fully saturated rings. The first-order chi connectivity index (χ1) is 33.1. The van der Waals surface area contributed by atoms with Gasteiger partial charge in [-0.25, -0.2) is 19.6 Å². The number of H-pyrrole nitrogens is 2. The van der Waals surface area contributed by atoms with Crippen LogP contribution in [0.4, 0.5) is 9.59 Å². The van der Waals surface area contributed by atoms with Gasteiger partial charge in [0.15, 0.2) is 5.15 Å². The second-order valence-electron chi connectivity index (χ2n) is 17.5. The van der Waals surface area contributed by atoms with Crippen molar-refractivity contribution < 1.29 is 38.1 Å². The summed E-state index contributed by atoms with van der Waals surface area (Å²) in [5, 5.41) is 7.45. The molecule has 6 atom stereocenters. The molecule has 4 N–H and O–H groups in total. The normalized spacial score (nSPS) is 14.5. The van der Waals surface area contributed by atoms with Crippen molar-refractivity contribution in [2.45, 2.75) is 91.2 Å². The van der Waals surface area contributed by atoms with Gasteiger partial charge in [0.05, 0.1) is 55.7 Å². The van der Waals surface area contributed by atoms with E-state index in [4.69, 9.17) is 40.5 Å². The van der Waals surface area contributed by atoms with Gasteiger partial charge in [0.1, 0.15) is 36.1 Å². The molecule has 1 aliphatic rings. The molecule has 4 aromatic carbocycles. The largest absolute Gasteiger partial charge is 0.488 e. The summed E-state index contributed by atoms with van der Waals surface area (Å²) in [6, 6.07) is 19.9. The molecule has 1 aliphatic heterocycles. The van der Waals surface area contributed by atoms with Gasteiger partial charge in [-0.15, -0.1) is 0 Å². The van der Waals surface area contributed by atoms with Crippen molar-refractivity contribution in [3.05, 3.63) is 113 Å². The van der Waals surface area contributed by atoms with Gasteiger partial charge in [-0.3, -0.25) is 9.59 Å². The topological polar surface area (TPSA) is 193 Å². The van der Waals surface area contributed by atoms with Gasteiger partial charge in [0, 0.05) is 30.2 Å². The summed E-state index contributed by atoms with van der Waals surface area (Å²) in [4.78, 5) is 73.3. The molecule has 4 amide bonds. The number of fused-ring (bicyclic) bond motifs is 6. The number of amides is 4. The predicted molar refractivity (Wildman–Crippen MR) is 266 cm³/mol. The second kappa shape index (κ2) is 21.6. The molecule has 0 unspecified atom stereocenters. The number of aromatic amines is 2. The Kier molecular flexibility index (Phi) is 15.6. The van der Waals surface area contributed by atoms with Crippen LogP contribution in [-0.2, 0) is 30.4 Å². The fourth-order valence-electron chi connectivity index (χ4n) is 9.14. The third-order valence-corrected chi connectivity index (χ3v) is 13.1. The Balaban J connectivity index is 1.18. The molecule has 0 radical (unpaired) electrons. The Morgan fingerprint density at radius 3 is 2.23 bits per heavy atom. The SMILES string of the molecule is C=C(CC)[C@@H](CC)N(C(=O)[C@H](C)NC(=O)OC)[C@@H](C)c1nc2ccc3cc4c(cc3c2[nH]1)OCc1cc(-c2[nH]c([C@H](C)N(C[C@H](C)COC)C(=O)[C@H](NC(=O)OC)c3ccccc3)nc2Cl)ccc1-4. The summed E-state index contributed by atoms with van der Waals surface area (Å²) in [7, 11) is 4.13. The Labute approximate surface area is 407 Å². The molecule has 3 heterocycles. The number of carbonyl (C=O) groups excluding carboxylic acids is 4. The standard InChI is InChI=1S/C52H61ClN8O8/c1-11-29(4)41(12-2)61(49(62)30(5)54-51(64)67-9)32(7)48-55-40-21-19-34-23-39-37-20-18-35(22-36(37)27-69-42(39)24-38(34)45(40)57-48)43-46(53)59-47(56-43)31(6)60(25-28(3)26-66-8)50(63)44(58-52(65)68-10)33-16-14-13-15-17-33/h13-24,28,30-32,41,44H,4,11-12,25-27H2,1-3,5-10H3,(H,54,64)(H,55,57)(H,56,59)(H,58,65)/t28-,30-,31-,32-,41+,44+/m0/s1. The monoisotopic (exact) mass is 960 g/mol. The Hall–Kier alpha value is -6.91. The number of hydrogen-bond acceptors (Lipinski definition) is 10. The number of ether oxygens (including phenoxy) is 4. The first-order valence-corrected chi connectivity index (χ1v) is 23.5. The Morgan fingerprint density at radius 1 is 0.841 bits per heavy atom. The minimum Gasteiger partial charge on any atom is -0.488 e. The molecule has 17 heteroatoms. The van der Waals surface area contributed by atoms with Crippen molar-refractivity contribution in [2.24, 2.45) is 5.92 Å². The van der Waals surface area contributed by atoms with Crippen molar-refractivity contribution in [3.63, 3.8) is 0 Å². The zero-order valence-corrected chi connectivity index (χ0v) is 41.3. The van der Waals surface area contributed by atoms with E-state index in [0.29, 0.717) is 61.3 Å². The van der Waals surface area contributed by atoms with Crippen LogP contribution in [0, 0.1) is 5.92 Å². The molecular weight excluding hydrogens is 900 g/mol. The van der Waals surface area contributed by atoms with Gasteiger partial charge in [0.2, 0.25) is 5.91 Å². The van der Waals surface area contributed by atoms with E-state index < -0.39 is 36.4 Å². The van der Waals surface area contributed by atoms with Gasteiger partial charge in [-0.1, -0.05) is 93.1 Å². The third kappa shape index (κ3) is 10.4. The lowest BCUT2D eigenvalue weighted by Gasteiger charge is -2.38. The molecule has 16 nitrogen and oxygen atoms in total. The van der Waals surface area contributed by atoms with Crippen LogP contribution in [0.25, 0.3) is 44.2 Å². The van der Waals surface area contributed by atoms with E-state index in [1.165, 1.54) is 14.2 Å². The zero-order valence-electron chi connectivity index (χ0n) is 40.6. The average Bonchev–Trinajstić information content (AvgIpc) is 3.99. The molecule has 7 rings (SSSR count). The van der Waals surface area contributed by atoms with Gasteiger partial charge < -0.3 is 49.3 Å². The maximum atomic E-state index is 14.5. The number of methoxy groups -OCH3 is 3. The number of hydrogen-bond donors (Lipinski definition) is 4. The summed E-state index contributed by atoms with van der Waals surface area (Å²) in [6.07, 6.45) is -0.117. The fourth-order valence-corrected chi connectivity index (χ4v) is 9.39. The number of alkyl carbamates (subject to hydrolysis) is 2. The van der Waals surface area contributed by atoms with E-state index >= 15 is 0 Å². The fraction of sp³-hybridized carbons (Fsp3) is 0.385. The molecule has 0 bridgehead atoms. The number of carbonyl (C=O) groups is 4. The van der Waals surface area contributed by atoms with Gasteiger partial charge in [-0.05, 0) is 85.9 Å². The number of imidazole rings is 2. The van der Waals surface area contributed by atoms with E-state index in [9.17, 15) is 19.2 Å². The quantitative estimate of drug-likeness (QED) is 0.0603. The van der Waals surface area contributed by atoms with E-state index in [1.807, 2.05) is 77.1 Å². The molecule has 0 saturated carbocycles. The van der Waals surface area contributed by atoms with E-state index in [0.717, 1.165) is 49.6 Å². The highest BCUT2D eigenvalue weighted by Crippen LogP contribution is 2.43. The summed E-state index contributed by atoms with van der Waals surface area (Å²) >= 11 is 6.90. The van der Waals surface area contributed by atoms with Crippen LogP contribution in [0.2, 0.25) is 5.15 Å². The number of aromatic nitrogens is 4. The molecule has 0 saturated heterocycles. The molecular formula is C52H61ClN8O8.